The van der Waals surface area contributed by atoms with Crippen molar-refractivity contribution in [1.82, 2.24) is 25.6 Å². The van der Waals surface area contributed by atoms with E-state index in [1.165, 1.54) is 12.3 Å². The van der Waals surface area contributed by atoms with Gasteiger partial charge in [-0.1, -0.05) is 0 Å². The van der Waals surface area contributed by atoms with Crippen molar-refractivity contribution in [3.63, 3.8) is 0 Å². The first kappa shape index (κ1) is 23.2. The Balaban J connectivity index is 1.29. The van der Waals surface area contributed by atoms with Crippen LogP contribution in [0.25, 0.3) is 6.08 Å². The van der Waals surface area contributed by atoms with Crippen molar-refractivity contribution in [2.24, 2.45) is 5.92 Å². The predicted octanol–water partition coefficient (Wildman–Crippen LogP) is 3.22. The number of anilines is 1. The van der Waals surface area contributed by atoms with Gasteiger partial charge >= 0.3 is 6.18 Å². The highest BCUT2D eigenvalue weighted by Crippen LogP contribution is 2.31. The van der Waals surface area contributed by atoms with Crippen LogP contribution < -0.4 is 15.5 Å². The van der Waals surface area contributed by atoms with Gasteiger partial charge in [-0.25, -0.2) is 9.97 Å². The Morgan fingerprint density at radius 1 is 1.18 bits per heavy atom. The normalized spacial score (nSPS) is 18.8. The van der Waals surface area contributed by atoms with Crippen molar-refractivity contribution in [2.45, 2.75) is 25.6 Å². The molecule has 0 aliphatic carbocycles. The summed E-state index contributed by atoms with van der Waals surface area (Å²) in [6.45, 7) is 2.06. The van der Waals surface area contributed by atoms with Crippen molar-refractivity contribution in [1.29, 1.82) is 0 Å². The van der Waals surface area contributed by atoms with Crippen LogP contribution in [0.3, 0.4) is 0 Å². The molecule has 174 valence electrons. The summed E-state index contributed by atoms with van der Waals surface area (Å²) in [4.78, 5) is 38.0. The van der Waals surface area contributed by atoms with Crippen molar-refractivity contribution in [3.8, 4) is 0 Å². The summed E-state index contributed by atoms with van der Waals surface area (Å²) in [5.74, 6) is 0.412. The number of carbonyl (C=O) groups excluding carboxylic acids is 2. The van der Waals surface area contributed by atoms with E-state index < -0.39 is 22.9 Å². The lowest BCUT2D eigenvalue weighted by Gasteiger charge is -2.32. The number of imide groups is 1. The highest BCUT2D eigenvalue weighted by molar-refractivity contribution is 8.18. The molecule has 4 rings (SSSR count). The number of halogens is 3. The molecule has 0 saturated carbocycles. The number of hydrogen-bond donors (Lipinski definition) is 2. The Morgan fingerprint density at radius 2 is 1.97 bits per heavy atom. The summed E-state index contributed by atoms with van der Waals surface area (Å²) in [5.41, 5.74) is -0.179. The van der Waals surface area contributed by atoms with E-state index in [2.05, 4.69) is 25.6 Å². The van der Waals surface area contributed by atoms with Gasteiger partial charge < -0.3 is 10.2 Å². The molecular formula is C21H21F3N6O2S. The van der Waals surface area contributed by atoms with Gasteiger partial charge in [0, 0.05) is 32.0 Å². The van der Waals surface area contributed by atoms with Crippen molar-refractivity contribution >= 4 is 34.9 Å². The van der Waals surface area contributed by atoms with Crippen molar-refractivity contribution in [2.75, 3.05) is 24.5 Å². The molecule has 0 atom stereocenters. The molecule has 0 bridgehead atoms. The summed E-state index contributed by atoms with van der Waals surface area (Å²) >= 11 is 0.832. The van der Waals surface area contributed by atoms with E-state index >= 15 is 0 Å². The number of thioether (sulfide) groups is 1. The van der Waals surface area contributed by atoms with Crippen LogP contribution in [0, 0.1) is 5.92 Å². The molecule has 2 amide bonds. The second-order valence-corrected chi connectivity index (χ2v) is 8.71. The molecule has 4 heterocycles. The summed E-state index contributed by atoms with van der Waals surface area (Å²) in [7, 11) is 0. The standard InChI is InChI=1S/C21H21F3N6O2S/c22-21(23,24)15-2-1-6-26-16(15)12-25-11-13-4-8-30(9-5-13)19-27-7-3-14(28-19)10-17-18(31)29-20(32)33-17/h1-3,6-7,10,13,25H,4-5,8-9,11-12H2,(H,29,31,32)/b17-10+. The molecule has 2 saturated heterocycles. The van der Waals surface area contributed by atoms with Gasteiger partial charge in [0.15, 0.2) is 0 Å². The molecule has 0 spiro atoms. The highest BCUT2D eigenvalue weighted by atomic mass is 32.2. The molecule has 33 heavy (non-hydrogen) atoms. The monoisotopic (exact) mass is 478 g/mol. The molecular weight excluding hydrogens is 457 g/mol. The maximum atomic E-state index is 13.1. The largest absolute Gasteiger partial charge is 0.418 e. The number of rotatable bonds is 6. The first-order valence-electron chi connectivity index (χ1n) is 10.3. The van der Waals surface area contributed by atoms with E-state index in [0.717, 1.165) is 30.7 Å². The zero-order valence-corrected chi connectivity index (χ0v) is 18.2. The molecule has 2 N–H and O–H groups in total. The van der Waals surface area contributed by atoms with E-state index in [1.807, 2.05) is 4.90 Å². The van der Waals surface area contributed by atoms with Gasteiger partial charge in [-0.2, -0.15) is 13.2 Å². The quantitative estimate of drug-likeness (QED) is 0.611. The van der Waals surface area contributed by atoms with Crippen LogP contribution in [-0.4, -0.2) is 45.7 Å². The van der Waals surface area contributed by atoms with Gasteiger partial charge in [0.25, 0.3) is 11.1 Å². The predicted molar refractivity (Wildman–Crippen MR) is 117 cm³/mol. The first-order valence-corrected chi connectivity index (χ1v) is 11.2. The SMILES string of the molecule is O=C1NC(=O)/C(=C\c2ccnc(N3CCC(CNCc4ncccc4C(F)(F)F)CC3)n2)S1. The molecule has 8 nitrogen and oxygen atoms in total. The third kappa shape index (κ3) is 5.88. The van der Waals surface area contributed by atoms with Gasteiger partial charge in [0.1, 0.15) is 0 Å². The lowest BCUT2D eigenvalue weighted by atomic mass is 9.97. The molecule has 2 aliphatic rings. The van der Waals surface area contributed by atoms with Gasteiger partial charge in [-0.15, -0.1) is 0 Å². The third-order valence-electron chi connectivity index (χ3n) is 5.40. The van der Waals surface area contributed by atoms with E-state index in [0.29, 0.717) is 37.2 Å². The Bertz CT molecular complexity index is 1070. The smallest absolute Gasteiger partial charge is 0.341 e. The number of nitrogens with one attached hydrogen (secondary N) is 2. The van der Waals surface area contributed by atoms with Crippen molar-refractivity contribution < 1.29 is 22.8 Å². The number of carbonyl (C=O) groups is 2. The molecule has 2 fully saturated rings. The Kier molecular flexibility index (Phi) is 6.94. The van der Waals surface area contributed by atoms with E-state index in [9.17, 15) is 22.8 Å². The number of amides is 2. The number of piperidine rings is 1. The summed E-state index contributed by atoms with van der Waals surface area (Å²) in [6, 6.07) is 4.00. The van der Waals surface area contributed by atoms with Crippen molar-refractivity contribution in [3.05, 3.63) is 52.4 Å². The van der Waals surface area contributed by atoms with Crippen LogP contribution in [-0.2, 0) is 17.5 Å². The lowest BCUT2D eigenvalue weighted by molar-refractivity contribution is -0.138. The van der Waals surface area contributed by atoms with E-state index in [1.54, 1.807) is 18.3 Å². The maximum absolute atomic E-state index is 13.1. The number of aromatic nitrogens is 3. The molecule has 0 aromatic carbocycles. The van der Waals surface area contributed by atoms with Crippen LogP contribution in [0.5, 0.6) is 0 Å². The molecule has 2 aliphatic heterocycles. The number of pyridine rings is 1. The van der Waals surface area contributed by atoms with E-state index in [-0.39, 0.29) is 17.1 Å². The van der Waals surface area contributed by atoms with Crippen LogP contribution >= 0.6 is 11.8 Å². The fourth-order valence-corrected chi connectivity index (χ4v) is 4.39. The summed E-state index contributed by atoms with van der Waals surface area (Å²) < 4.78 is 39.3. The van der Waals surface area contributed by atoms with Gasteiger partial charge in [-0.05, 0) is 61.3 Å². The second-order valence-electron chi connectivity index (χ2n) is 7.69. The first-order chi connectivity index (χ1) is 15.8. The third-order valence-corrected chi connectivity index (χ3v) is 6.21. The average Bonchev–Trinajstić information content (AvgIpc) is 3.10. The number of alkyl halides is 3. The van der Waals surface area contributed by atoms with Crippen LogP contribution in [0.1, 0.15) is 29.8 Å². The summed E-state index contributed by atoms with van der Waals surface area (Å²) in [5, 5.41) is 4.90. The maximum Gasteiger partial charge on any atom is 0.418 e. The minimum atomic E-state index is -4.42. The molecule has 0 radical (unpaired) electrons. The second kappa shape index (κ2) is 9.87. The lowest BCUT2D eigenvalue weighted by Crippen LogP contribution is -2.38. The Morgan fingerprint density at radius 3 is 2.67 bits per heavy atom. The van der Waals surface area contributed by atoms with Crippen LogP contribution in [0.4, 0.5) is 23.9 Å². The fraction of sp³-hybridized carbons (Fsp3) is 0.381. The van der Waals surface area contributed by atoms with Crippen LogP contribution in [0.2, 0.25) is 0 Å². The number of hydrogen-bond acceptors (Lipinski definition) is 8. The minimum Gasteiger partial charge on any atom is -0.341 e. The van der Waals surface area contributed by atoms with Gasteiger partial charge in [0.05, 0.1) is 21.9 Å². The average molecular weight is 479 g/mol. The minimum absolute atomic E-state index is 0.00224. The van der Waals surface area contributed by atoms with E-state index in [4.69, 9.17) is 0 Å². The molecule has 2 aromatic rings. The van der Waals surface area contributed by atoms with Gasteiger partial charge in [0.2, 0.25) is 5.95 Å². The highest BCUT2D eigenvalue weighted by Gasteiger charge is 2.33. The topological polar surface area (TPSA) is 100 Å². The Hall–Kier alpha value is -2.99. The zero-order valence-electron chi connectivity index (χ0n) is 17.4. The molecule has 0 unspecified atom stereocenters. The van der Waals surface area contributed by atoms with Crippen LogP contribution in [0.15, 0.2) is 35.5 Å². The summed E-state index contributed by atoms with van der Waals surface area (Å²) in [6.07, 6.45) is 1.78. The Labute approximate surface area is 192 Å². The fourth-order valence-electron chi connectivity index (χ4n) is 3.72. The zero-order chi connectivity index (χ0) is 23.4. The van der Waals surface area contributed by atoms with Gasteiger partial charge in [-0.3, -0.25) is 19.9 Å². The molecule has 12 heteroatoms. The molecule has 2 aromatic heterocycles. The number of nitrogens with zero attached hydrogens (tertiary/aromatic N) is 4.